The van der Waals surface area contributed by atoms with Gasteiger partial charge in [0.15, 0.2) is 0 Å². The second kappa shape index (κ2) is 8.39. The van der Waals surface area contributed by atoms with Crippen molar-refractivity contribution >= 4 is 21.7 Å². The number of furan rings is 1. The van der Waals surface area contributed by atoms with Crippen LogP contribution in [-0.4, -0.2) is 20.1 Å². The van der Waals surface area contributed by atoms with E-state index in [0.29, 0.717) is 41.2 Å². The third-order valence-corrected chi connectivity index (χ3v) is 6.32. The first-order chi connectivity index (χ1) is 14.8. The maximum absolute atomic E-state index is 12.6. The van der Waals surface area contributed by atoms with Crippen LogP contribution in [0.4, 0.5) is 0 Å². The van der Waals surface area contributed by atoms with Crippen molar-refractivity contribution in [3.8, 4) is 5.75 Å². The van der Waals surface area contributed by atoms with Gasteiger partial charge in [-0.25, -0.2) is 4.79 Å². The molecule has 1 heterocycles. The number of esters is 1. The van der Waals surface area contributed by atoms with Crippen LogP contribution in [0.15, 0.2) is 69.0 Å². The molecule has 1 aliphatic carbocycles. The normalized spacial score (nSPS) is 14.8. The van der Waals surface area contributed by atoms with Gasteiger partial charge in [-0.1, -0.05) is 35.9 Å². The Hall–Kier alpha value is -3.39. The Morgan fingerprint density at radius 1 is 1.03 bits per heavy atom. The largest absolute Gasteiger partial charge is 0.453 e. The van der Waals surface area contributed by atoms with E-state index in [1.165, 1.54) is 12.1 Å². The molecule has 0 saturated heterocycles. The van der Waals surface area contributed by atoms with E-state index in [1.54, 1.807) is 43.3 Å². The molecule has 0 fully saturated rings. The highest BCUT2D eigenvalue weighted by Gasteiger charge is 2.29. The van der Waals surface area contributed by atoms with Crippen molar-refractivity contribution in [1.29, 1.82) is 0 Å². The van der Waals surface area contributed by atoms with Gasteiger partial charge in [-0.05, 0) is 51.0 Å². The lowest BCUT2D eigenvalue weighted by Gasteiger charge is -2.14. The van der Waals surface area contributed by atoms with E-state index in [2.05, 4.69) is 9.93 Å². The summed E-state index contributed by atoms with van der Waals surface area (Å²) in [6.45, 7) is 3.63. The lowest BCUT2D eigenvalue weighted by Crippen LogP contribution is -2.22. The number of carbonyl (C=O) groups excluding carboxylic acids is 1. The van der Waals surface area contributed by atoms with Crippen LogP contribution in [0.1, 0.15) is 45.8 Å². The first-order valence-electron chi connectivity index (χ1n) is 9.90. The summed E-state index contributed by atoms with van der Waals surface area (Å²) in [5.41, 5.74) is 2.75. The van der Waals surface area contributed by atoms with Crippen molar-refractivity contribution in [1.82, 2.24) is 4.83 Å². The van der Waals surface area contributed by atoms with Gasteiger partial charge in [0.1, 0.15) is 11.5 Å². The van der Waals surface area contributed by atoms with Crippen molar-refractivity contribution in [2.75, 3.05) is 0 Å². The monoisotopic (exact) mass is 438 g/mol. The number of nitrogens with zero attached hydrogens (tertiary/aromatic N) is 1. The molecule has 8 heteroatoms. The van der Waals surface area contributed by atoms with Crippen molar-refractivity contribution in [3.05, 3.63) is 82.8 Å². The number of hydrazone groups is 1. The zero-order chi connectivity index (χ0) is 22.0. The van der Waals surface area contributed by atoms with E-state index in [-0.39, 0.29) is 10.7 Å². The van der Waals surface area contributed by atoms with Crippen molar-refractivity contribution in [2.45, 2.75) is 38.0 Å². The number of ether oxygens (including phenoxy) is 1. The summed E-state index contributed by atoms with van der Waals surface area (Å²) in [6, 6.07) is 15.3. The molecule has 4 rings (SSSR count). The summed E-state index contributed by atoms with van der Waals surface area (Å²) in [6.07, 6.45) is 1.94. The Morgan fingerprint density at radius 2 is 1.74 bits per heavy atom. The molecule has 160 valence electrons. The Balaban J connectivity index is 1.60. The summed E-state index contributed by atoms with van der Waals surface area (Å²) in [5.74, 6) is 0.528. The first kappa shape index (κ1) is 20.9. The van der Waals surface area contributed by atoms with Crippen LogP contribution >= 0.6 is 0 Å². The van der Waals surface area contributed by atoms with Gasteiger partial charge in [0.05, 0.1) is 10.6 Å². The number of benzene rings is 2. The molecule has 0 amide bonds. The number of nitrogens with one attached hydrogen (secondary N) is 1. The number of carbonyl (C=O) groups is 1. The van der Waals surface area contributed by atoms with Gasteiger partial charge in [-0.2, -0.15) is 18.4 Å². The number of hydrogen-bond acceptors (Lipinski definition) is 6. The zero-order valence-electron chi connectivity index (χ0n) is 17.2. The number of aryl methyl sites for hydroxylation is 2. The van der Waals surface area contributed by atoms with Gasteiger partial charge in [0.2, 0.25) is 5.76 Å². The SMILES string of the molecule is Cc1ccc(S(=O)(=O)N/N=C2\CCCc3oc(C(=O)Oc4ccccc4)c(C)c32)cc1. The molecule has 1 aromatic heterocycles. The summed E-state index contributed by atoms with van der Waals surface area (Å²) in [7, 11) is -3.80. The predicted molar refractivity (Wildman–Crippen MR) is 116 cm³/mol. The fraction of sp³-hybridized carbons (Fsp3) is 0.217. The maximum atomic E-state index is 12.6. The lowest BCUT2D eigenvalue weighted by molar-refractivity contribution is 0.0698. The fourth-order valence-electron chi connectivity index (χ4n) is 3.50. The highest BCUT2D eigenvalue weighted by atomic mass is 32.2. The molecule has 0 unspecified atom stereocenters. The van der Waals surface area contributed by atoms with E-state index in [0.717, 1.165) is 12.0 Å². The molecule has 0 bridgehead atoms. The number of fused-ring (bicyclic) bond motifs is 1. The molecule has 0 saturated carbocycles. The summed E-state index contributed by atoms with van der Waals surface area (Å²) in [4.78, 5) is 15.1. The van der Waals surface area contributed by atoms with Crippen LogP contribution in [0.5, 0.6) is 5.75 Å². The Morgan fingerprint density at radius 3 is 2.45 bits per heavy atom. The standard InChI is InChI=1S/C23H22N2O5S/c1-15-11-13-18(14-12-15)31(27,28)25-24-19-9-6-10-20-21(19)16(2)22(30-20)23(26)29-17-7-4-3-5-8-17/h3-5,7-8,11-14,25H,6,9-10H2,1-2H3/b24-19+. The molecule has 3 aromatic rings. The maximum Gasteiger partial charge on any atom is 0.379 e. The van der Waals surface area contributed by atoms with Crippen LogP contribution in [0, 0.1) is 13.8 Å². The van der Waals surface area contributed by atoms with Crippen LogP contribution < -0.4 is 9.57 Å². The van der Waals surface area contributed by atoms with Gasteiger partial charge in [0, 0.05) is 17.5 Å². The van der Waals surface area contributed by atoms with Gasteiger partial charge < -0.3 is 9.15 Å². The Labute approximate surface area is 180 Å². The van der Waals surface area contributed by atoms with Gasteiger partial charge in [-0.3, -0.25) is 0 Å². The molecule has 7 nitrogen and oxygen atoms in total. The van der Waals surface area contributed by atoms with Crippen molar-refractivity contribution < 1.29 is 22.4 Å². The van der Waals surface area contributed by atoms with Gasteiger partial charge in [0.25, 0.3) is 10.0 Å². The summed E-state index contributed by atoms with van der Waals surface area (Å²) < 4.78 is 36.4. The Bertz CT molecular complexity index is 1240. The number of para-hydroxylation sites is 1. The number of sulfonamides is 1. The molecule has 0 radical (unpaired) electrons. The number of rotatable bonds is 5. The zero-order valence-corrected chi connectivity index (χ0v) is 18.0. The first-order valence-corrected chi connectivity index (χ1v) is 11.4. The summed E-state index contributed by atoms with van der Waals surface area (Å²) in [5, 5.41) is 4.18. The van der Waals surface area contributed by atoms with E-state index >= 15 is 0 Å². The molecule has 31 heavy (non-hydrogen) atoms. The second-order valence-electron chi connectivity index (χ2n) is 7.38. The predicted octanol–water partition coefficient (Wildman–Crippen LogP) is 4.13. The Kier molecular flexibility index (Phi) is 5.65. The minimum absolute atomic E-state index is 0.102. The average Bonchev–Trinajstić information content (AvgIpc) is 3.11. The average molecular weight is 439 g/mol. The fourth-order valence-corrected chi connectivity index (χ4v) is 4.33. The third-order valence-electron chi connectivity index (χ3n) is 5.10. The molecule has 2 aromatic carbocycles. The number of hydrogen-bond donors (Lipinski definition) is 1. The van der Waals surface area contributed by atoms with Crippen LogP contribution in [0.25, 0.3) is 0 Å². The second-order valence-corrected chi connectivity index (χ2v) is 9.04. The minimum Gasteiger partial charge on any atom is -0.453 e. The van der Waals surface area contributed by atoms with Crippen molar-refractivity contribution in [3.63, 3.8) is 0 Å². The quantitative estimate of drug-likeness (QED) is 0.367. The van der Waals surface area contributed by atoms with Crippen molar-refractivity contribution in [2.24, 2.45) is 5.10 Å². The van der Waals surface area contributed by atoms with Crippen LogP contribution in [0.3, 0.4) is 0 Å². The summed E-state index contributed by atoms with van der Waals surface area (Å²) >= 11 is 0. The van der Waals surface area contributed by atoms with Crippen LogP contribution in [0.2, 0.25) is 0 Å². The van der Waals surface area contributed by atoms with Gasteiger partial charge >= 0.3 is 5.97 Å². The topological polar surface area (TPSA) is 98.0 Å². The van der Waals surface area contributed by atoms with Gasteiger partial charge in [-0.15, -0.1) is 0 Å². The highest BCUT2D eigenvalue weighted by Crippen LogP contribution is 2.30. The molecule has 0 atom stereocenters. The van der Waals surface area contributed by atoms with Crippen LogP contribution in [-0.2, 0) is 16.4 Å². The molecule has 1 N–H and O–H groups in total. The molecular weight excluding hydrogens is 416 g/mol. The highest BCUT2D eigenvalue weighted by molar-refractivity contribution is 7.89. The van der Waals surface area contributed by atoms with E-state index in [4.69, 9.17) is 9.15 Å². The molecule has 0 aliphatic heterocycles. The van der Waals surface area contributed by atoms with E-state index in [1.807, 2.05) is 13.0 Å². The molecule has 1 aliphatic rings. The molecular formula is C23H22N2O5S. The smallest absolute Gasteiger partial charge is 0.379 e. The molecule has 0 spiro atoms. The van der Waals surface area contributed by atoms with E-state index < -0.39 is 16.0 Å². The minimum atomic E-state index is -3.80. The lowest BCUT2D eigenvalue weighted by atomic mass is 9.93. The van der Waals surface area contributed by atoms with E-state index in [9.17, 15) is 13.2 Å². The third kappa shape index (κ3) is 4.39.